The molecule has 0 bridgehead atoms. The van der Waals surface area contributed by atoms with Crippen molar-refractivity contribution in [1.82, 2.24) is 10.6 Å². The number of hydrogen-bond acceptors (Lipinski definition) is 3. The molecule has 0 spiro atoms. The second-order valence-electron chi connectivity index (χ2n) is 4.95. The molecule has 1 aromatic carbocycles. The van der Waals surface area contributed by atoms with Crippen molar-refractivity contribution in [1.29, 1.82) is 0 Å². The van der Waals surface area contributed by atoms with E-state index in [1.807, 2.05) is 50.3 Å². The predicted molar refractivity (Wildman–Crippen MR) is 103 cm³/mol. The van der Waals surface area contributed by atoms with Gasteiger partial charge >= 0.3 is 0 Å². The Balaban J connectivity index is 2.55. The maximum absolute atomic E-state index is 5.81. The highest BCUT2D eigenvalue weighted by atomic mass is 32.1. The van der Waals surface area contributed by atoms with Gasteiger partial charge in [0.25, 0.3) is 0 Å². The molecular weight excluding hydrogens is 306 g/mol. The van der Waals surface area contributed by atoms with Gasteiger partial charge < -0.3 is 21.1 Å². The number of nitrogens with one attached hydrogen (secondary N) is 2. The number of thiocarbonyl (C=S) groups is 1. The van der Waals surface area contributed by atoms with Crippen molar-refractivity contribution in [3.8, 4) is 5.75 Å². The average molecular weight is 331 g/mol. The van der Waals surface area contributed by atoms with Gasteiger partial charge in [0.1, 0.15) is 5.75 Å². The number of rotatable bonds is 7. The van der Waals surface area contributed by atoms with Crippen molar-refractivity contribution in [3.63, 3.8) is 0 Å². The third-order valence-corrected chi connectivity index (χ3v) is 3.60. The largest absolute Gasteiger partial charge is 0.496 e. The fourth-order valence-corrected chi connectivity index (χ4v) is 2.20. The molecule has 0 aromatic heterocycles. The Labute approximate surface area is 144 Å². The molecule has 0 amide bonds. The molecule has 4 nitrogen and oxygen atoms in total. The SMILES string of the molecule is C=C(C=CC)C(=CC)CNC(=S)NCc1cc(N)ccc1OC. The molecular formula is C18H25N3OS. The summed E-state index contributed by atoms with van der Waals surface area (Å²) in [6.07, 6.45) is 5.97. The van der Waals surface area contributed by atoms with Crippen LogP contribution in [0.3, 0.4) is 0 Å². The van der Waals surface area contributed by atoms with Crippen LogP contribution in [0.4, 0.5) is 5.69 Å². The third kappa shape index (κ3) is 6.16. The molecule has 0 aliphatic rings. The number of nitrogens with two attached hydrogens (primary N) is 1. The number of ether oxygens (including phenoxy) is 1. The van der Waals surface area contributed by atoms with Crippen molar-refractivity contribution < 1.29 is 4.74 Å². The maximum Gasteiger partial charge on any atom is 0.166 e. The van der Waals surface area contributed by atoms with Crippen LogP contribution in [0.2, 0.25) is 0 Å². The summed E-state index contributed by atoms with van der Waals surface area (Å²) in [6, 6.07) is 5.53. The van der Waals surface area contributed by atoms with Crippen LogP contribution in [-0.2, 0) is 6.54 Å². The summed E-state index contributed by atoms with van der Waals surface area (Å²) in [5.74, 6) is 0.783. The van der Waals surface area contributed by atoms with Gasteiger partial charge in [0, 0.05) is 24.3 Å². The molecule has 124 valence electrons. The standard InChI is InChI=1S/C18H25N3OS/c1-5-7-13(3)14(6-2)11-20-18(23)21-12-15-10-16(19)8-9-17(15)22-4/h5-10H,3,11-12,19H2,1-2,4H3,(H2,20,21,23). The van der Waals surface area contributed by atoms with Crippen LogP contribution < -0.4 is 21.1 Å². The first-order valence-corrected chi connectivity index (χ1v) is 7.83. The lowest BCUT2D eigenvalue weighted by atomic mass is 10.1. The van der Waals surface area contributed by atoms with Crippen molar-refractivity contribution in [2.45, 2.75) is 20.4 Å². The van der Waals surface area contributed by atoms with E-state index in [0.29, 0.717) is 23.9 Å². The lowest BCUT2D eigenvalue weighted by Crippen LogP contribution is -2.36. The molecule has 0 fully saturated rings. The lowest BCUT2D eigenvalue weighted by Gasteiger charge is -2.14. The van der Waals surface area contributed by atoms with Crippen LogP contribution in [-0.4, -0.2) is 18.8 Å². The fourth-order valence-electron chi connectivity index (χ4n) is 2.06. The van der Waals surface area contributed by atoms with E-state index in [4.69, 9.17) is 22.7 Å². The molecule has 0 aliphatic carbocycles. The van der Waals surface area contributed by atoms with Crippen LogP contribution in [0.25, 0.3) is 0 Å². The minimum absolute atomic E-state index is 0.543. The molecule has 4 N–H and O–H groups in total. The minimum Gasteiger partial charge on any atom is -0.496 e. The van der Waals surface area contributed by atoms with Gasteiger partial charge in [-0.25, -0.2) is 0 Å². The predicted octanol–water partition coefficient (Wildman–Crippen LogP) is 3.32. The maximum atomic E-state index is 5.81. The van der Waals surface area contributed by atoms with Gasteiger partial charge in [-0.2, -0.15) is 0 Å². The molecule has 1 aromatic rings. The topological polar surface area (TPSA) is 59.3 Å². The van der Waals surface area contributed by atoms with E-state index in [1.165, 1.54) is 0 Å². The van der Waals surface area contributed by atoms with Crippen molar-refractivity contribution >= 4 is 23.0 Å². The smallest absolute Gasteiger partial charge is 0.166 e. The van der Waals surface area contributed by atoms with Gasteiger partial charge in [-0.05, 0) is 55.4 Å². The second-order valence-corrected chi connectivity index (χ2v) is 5.35. The number of methoxy groups -OCH3 is 1. The monoisotopic (exact) mass is 331 g/mol. The molecule has 0 radical (unpaired) electrons. The lowest BCUT2D eigenvalue weighted by molar-refractivity contribution is 0.409. The first-order valence-electron chi connectivity index (χ1n) is 7.43. The molecule has 0 heterocycles. The summed E-state index contributed by atoms with van der Waals surface area (Å²) in [6.45, 7) is 9.15. The van der Waals surface area contributed by atoms with E-state index in [9.17, 15) is 0 Å². The van der Waals surface area contributed by atoms with Crippen LogP contribution in [0.5, 0.6) is 5.75 Å². The van der Waals surface area contributed by atoms with Gasteiger partial charge in [-0.3, -0.25) is 0 Å². The Hall–Kier alpha value is -2.27. The van der Waals surface area contributed by atoms with Gasteiger partial charge in [0.2, 0.25) is 0 Å². The highest BCUT2D eigenvalue weighted by molar-refractivity contribution is 7.80. The molecule has 5 heteroatoms. The van der Waals surface area contributed by atoms with Crippen LogP contribution in [0.15, 0.2) is 54.2 Å². The first kappa shape index (κ1) is 18.8. The number of benzene rings is 1. The molecule has 0 saturated heterocycles. The van der Waals surface area contributed by atoms with Gasteiger partial charge in [-0.1, -0.05) is 24.8 Å². The second kappa shape index (κ2) is 9.69. The zero-order chi connectivity index (χ0) is 17.2. The van der Waals surface area contributed by atoms with Gasteiger partial charge in [0.15, 0.2) is 5.11 Å². The minimum atomic E-state index is 0.543. The Kier molecular flexibility index (Phi) is 7.91. The third-order valence-electron chi connectivity index (χ3n) is 3.31. The summed E-state index contributed by atoms with van der Waals surface area (Å²) in [4.78, 5) is 0. The highest BCUT2D eigenvalue weighted by Crippen LogP contribution is 2.20. The molecule has 0 aliphatic heterocycles. The molecule has 0 saturated carbocycles. The molecule has 0 unspecified atom stereocenters. The summed E-state index contributed by atoms with van der Waals surface area (Å²) in [5.41, 5.74) is 9.55. The normalized spacial score (nSPS) is 11.3. The molecule has 0 atom stereocenters. The van der Waals surface area contributed by atoms with Crippen molar-refractivity contribution in [2.75, 3.05) is 19.4 Å². The zero-order valence-corrected chi connectivity index (χ0v) is 14.8. The van der Waals surface area contributed by atoms with Gasteiger partial charge in [0.05, 0.1) is 7.11 Å². The number of allylic oxidation sites excluding steroid dienone is 3. The first-order chi connectivity index (χ1) is 11.0. The van der Waals surface area contributed by atoms with E-state index in [2.05, 4.69) is 17.2 Å². The Morgan fingerprint density at radius 2 is 2.09 bits per heavy atom. The van der Waals surface area contributed by atoms with E-state index in [1.54, 1.807) is 7.11 Å². The Bertz CT molecular complexity index is 621. The fraction of sp³-hybridized carbons (Fsp3) is 0.278. The average Bonchev–Trinajstić information content (AvgIpc) is 2.54. The van der Waals surface area contributed by atoms with Crippen molar-refractivity contribution in [3.05, 3.63) is 59.7 Å². The van der Waals surface area contributed by atoms with Crippen molar-refractivity contribution in [2.24, 2.45) is 0 Å². The van der Waals surface area contributed by atoms with Gasteiger partial charge in [-0.15, -0.1) is 0 Å². The molecule has 1 rings (SSSR count). The van der Waals surface area contributed by atoms with E-state index >= 15 is 0 Å². The summed E-state index contributed by atoms with van der Waals surface area (Å²) in [5, 5.41) is 6.91. The summed E-state index contributed by atoms with van der Waals surface area (Å²) in [7, 11) is 1.64. The number of nitrogen functional groups attached to an aromatic ring is 1. The summed E-state index contributed by atoms with van der Waals surface area (Å²) >= 11 is 5.31. The quantitative estimate of drug-likeness (QED) is 0.406. The van der Waals surface area contributed by atoms with Crippen LogP contribution in [0.1, 0.15) is 19.4 Å². The highest BCUT2D eigenvalue weighted by Gasteiger charge is 2.05. The van der Waals surface area contributed by atoms with Crippen LogP contribution in [0, 0.1) is 0 Å². The van der Waals surface area contributed by atoms with Crippen LogP contribution >= 0.6 is 12.2 Å². The van der Waals surface area contributed by atoms with E-state index in [0.717, 1.165) is 22.5 Å². The van der Waals surface area contributed by atoms with E-state index < -0.39 is 0 Å². The summed E-state index contributed by atoms with van der Waals surface area (Å²) < 4.78 is 5.32. The number of hydrogen-bond donors (Lipinski definition) is 3. The number of anilines is 1. The van der Waals surface area contributed by atoms with E-state index in [-0.39, 0.29) is 0 Å². The zero-order valence-electron chi connectivity index (χ0n) is 14.0. The Morgan fingerprint density at radius 3 is 2.70 bits per heavy atom. The molecule has 23 heavy (non-hydrogen) atoms. The Morgan fingerprint density at radius 1 is 1.35 bits per heavy atom.